The number of hydrogen-bond acceptors (Lipinski definition) is 1. The minimum absolute atomic E-state index is 0.153. The number of hydrogen-bond donors (Lipinski definition) is 1. The molecule has 0 aromatic rings. The predicted octanol–water partition coefficient (Wildman–Crippen LogP) is 6.73. The van der Waals surface area contributed by atoms with Gasteiger partial charge in [0, 0.05) is 0 Å². The van der Waals surface area contributed by atoms with Gasteiger partial charge in [0.1, 0.15) is 18.4 Å². The van der Waals surface area contributed by atoms with Crippen molar-refractivity contribution in [2.24, 2.45) is 35.5 Å². The Bertz CT molecular complexity index is 369. The normalized spacial score (nSPS) is 44.3. The second kappa shape index (κ2) is 10.4. The van der Waals surface area contributed by atoms with Crippen molar-refractivity contribution >= 4 is 0 Å². The summed E-state index contributed by atoms with van der Waals surface area (Å²) in [7, 11) is 0. The molecular formula is C23H42F2O. The average molecular weight is 373 g/mol. The summed E-state index contributed by atoms with van der Waals surface area (Å²) < 4.78 is 27.5. The van der Waals surface area contributed by atoms with E-state index in [4.69, 9.17) is 0 Å². The highest BCUT2D eigenvalue weighted by molar-refractivity contribution is 4.91. The van der Waals surface area contributed by atoms with Crippen LogP contribution in [0.25, 0.3) is 0 Å². The van der Waals surface area contributed by atoms with Gasteiger partial charge in [0.15, 0.2) is 0 Å². The number of aliphatic hydroxyl groups excluding tert-OH is 1. The topological polar surface area (TPSA) is 20.2 Å². The second-order valence-corrected chi connectivity index (χ2v) is 10.2. The van der Waals surface area contributed by atoms with Gasteiger partial charge in [-0.2, -0.15) is 0 Å². The van der Waals surface area contributed by atoms with Crippen molar-refractivity contribution < 1.29 is 13.9 Å². The summed E-state index contributed by atoms with van der Waals surface area (Å²) in [5, 5.41) is 9.45. The molecule has 3 heteroatoms. The number of aliphatic hydroxyl groups is 1. The molecule has 3 fully saturated rings. The Hall–Kier alpha value is -0.180. The lowest BCUT2D eigenvalue weighted by Gasteiger charge is -2.42. The first-order chi connectivity index (χ1) is 12.3. The second-order valence-electron chi connectivity index (χ2n) is 10.2. The van der Waals surface area contributed by atoms with Gasteiger partial charge in [-0.25, -0.2) is 8.78 Å². The van der Waals surface area contributed by atoms with Crippen molar-refractivity contribution in [1.29, 1.82) is 0 Å². The lowest BCUT2D eigenvalue weighted by molar-refractivity contribution is -0.0504. The van der Waals surface area contributed by atoms with Crippen LogP contribution in [0.4, 0.5) is 8.78 Å². The third-order valence-corrected chi connectivity index (χ3v) is 7.01. The molecule has 1 nitrogen and oxygen atoms in total. The SMILES string of the molecule is CC(C)C.CC1CCC(C2CCC(C3CC(F)C(O)C(F)C3)CC2)CC1. The predicted molar refractivity (Wildman–Crippen MR) is 106 cm³/mol. The summed E-state index contributed by atoms with van der Waals surface area (Å²) in [6, 6.07) is 0. The fourth-order valence-electron chi connectivity index (χ4n) is 5.41. The van der Waals surface area contributed by atoms with Gasteiger partial charge >= 0.3 is 0 Å². The molecule has 0 aromatic heterocycles. The fraction of sp³-hybridized carbons (Fsp3) is 1.00. The minimum atomic E-state index is -1.38. The molecule has 0 aromatic carbocycles. The zero-order valence-corrected chi connectivity index (χ0v) is 17.5. The average Bonchev–Trinajstić information content (AvgIpc) is 2.59. The maximum atomic E-state index is 13.7. The molecule has 154 valence electrons. The Morgan fingerprint density at radius 3 is 1.35 bits per heavy atom. The van der Waals surface area contributed by atoms with Crippen molar-refractivity contribution in [3.05, 3.63) is 0 Å². The highest BCUT2D eigenvalue weighted by Crippen LogP contribution is 2.45. The van der Waals surface area contributed by atoms with E-state index in [2.05, 4.69) is 27.7 Å². The van der Waals surface area contributed by atoms with Crippen molar-refractivity contribution in [3.63, 3.8) is 0 Å². The summed E-state index contributed by atoms with van der Waals surface area (Å²) in [5.41, 5.74) is 0. The van der Waals surface area contributed by atoms with Crippen LogP contribution in [0.3, 0.4) is 0 Å². The van der Waals surface area contributed by atoms with E-state index >= 15 is 0 Å². The molecule has 0 radical (unpaired) electrons. The Labute approximate surface area is 160 Å². The van der Waals surface area contributed by atoms with Gasteiger partial charge in [-0.15, -0.1) is 0 Å². The zero-order chi connectivity index (χ0) is 19.3. The van der Waals surface area contributed by atoms with Crippen molar-refractivity contribution in [2.45, 2.75) is 110 Å². The first-order valence-corrected chi connectivity index (χ1v) is 11.2. The highest BCUT2D eigenvalue weighted by atomic mass is 19.1. The Balaban J connectivity index is 0.000000552. The van der Waals surface area contributed by atoms with Crippen LogP contribution >= 0.6 is 0 Å². The van der Waals surface area contributed by atoms with Gasteiger partial charge in [0.2, 0.25) is 0 Å². The van der Waals surface area contributed by atoms with E-state index in [0.717, 1.165) is 36.5 Å². The van der Waals surface area contributed by atoms with E-state index < -0.39 is 18.4 Å². The molecule has 0 spiro atoms. The van der Waals surface area contributed by atoms with Crippen molar-refractivity contribution in [1.82, 2.24) is 0 Å². The van der Waals surface area contributed by atoms with Crippen molar-refractivity contribution in [2.75, 3.05) is 0 Å². The first-order valence-electron chi connectivity index (χ1n) is 11.2. The van der Waals surface area contributed by atoms with E-state index in [9.17, 15) is 13.9 Å². The lowest BCUT2D eigenvalue weighted by atomic mass is 9.65. The van der Waals surface area contributed by atoms with Crippen molar-refractivity contribution in [3.8, 4) is 0 Å². The maximum Gasteiger partial charge on any atom is 0.129 e. The maximum absolute atomic E-state index is 13.7. The molecule has 26 heavy (non-hydrogen) atoms. The van der Waals surface area contributed by atoms with E-state index in [1.54, 1.807) is 0 Å². The monoisotopic (exact) mass is 372 g/mol. The van der Waals surface area contributed by atoms with Gasteiger partial charge in [-0.05, 0) is 86.9 Å². The molecule has 3 saturated carbocycles. The summed E-state index contributed by atoms with van der Waals surface area (Å²) in [5.74, 6) is 4.15. The van der Waals surface area contributed by atoms with Gasteiger partial charge < -0.3 is 5.11 Å². The van der Waals surface area contributed by atoms with Crippen LogP contribution in [-0.4, -0.2) is 23.6 Å². The van der Waals surface area contributed by atoms with Crippen LogP contribution in [0, 0.1) is 35.5 Å². The van der Waals surface area contributed by atoms with Gasteiger partial charge in [0.25, 0.3) is 0 Å². The summed E-state index contributed by atoms with van der Waals surface area (Å²) in [6.07, 6.45) is 7.04. The molecule has 0 heterocycles. The van der Waals surface area contributed by atoms with E-state index in [-0.39, 0.29) is 5.92 Å². The highest BCUT2D eigenvalue weighted by Gasteiger charge is 2.41. The number of halogens is 2. The zero-order valence-electron chi connectivity index (χ0n) is 17.5. The fourth-order valence-corrected chi connectivity index (χ4v) is 5.41. The van der Waals surface area contributed by atoms with Crippen LogP contribution in [0.2, 0.25) is 0 Å². The quantitative estimate of drug-likeness (QED) is 0.570. The Morgan fingerprint density at radius 2 is 0.962 bits per heavy atom. The Morgan fingerprint density at radius 1 is 0.654 bits per heavy atom. The molecular weight excluding hydrogens is 330 g/mol. The molecule has 3 aliphatic carbocycles. The molecule has 0 amide bonds. The van der Waals surface area contributed by atoms with Crippen LogP contribution in [0.15, 0.2) is 0 Å². The summed E-state index contributed by atoms with van der Waals surface area (Å²) >= 11 is 0. The van der Waals surface area contributed by atoms with E-state index in [0.29, 0.717) is 18.8 Å². The molecule has 3 aliphatic rings. The molecule has 0 aliphatic heterocycles. The van der Waals surface area contributed by atoms with Crippen LogP contribution in [-0.2, 0) is 0 Å². The van der Waals surface area contributed by atoms with Crippen LogP contribution in [0.1, 0.15) is 91.9 Å². The van der Waals surface area contributed by atoms with E-state index in [1.807, 2.05) is 0 Å². The van der Waals surface area contributed by atoms with Gasteiger partial charge in [-0.3, -0.25) is 0 Å². The van der Waals surface area contributed by atoms with Crippen LogP contribution < -0.4 is 0 Å². The Kier molecular flexibility index (Phi) is 8.83. The molecule has 2 unspecified atom stereocenters. The van der Waals surface area contributed by atoms with E-state index in [1.165, 1.54) is 38.5 Å². The minimum Gasteiger partial charge on any atom is -0.387 e. The smallest absolute Gasteiger partial charge is 0.129 e. The summed E-state index contributed by atoms with van der Waals surface area (Å²) in [6.45, 7) is 8.87. The molecule has 2 atom stereocenters. The molecule has 1 N–H and O–H groups in total. The summed E-state index contributed by atoms with van der Waals surface area (Å²) in [4.78, 5) is 0. The number of rotatable bonds is 2. The number of alkyl halides is 2. The van der Waals surface area contributed by atoms with Gasteiger partial charge in [0.05, 0.1) is 0 Å². The first kappa shape index (κ1) is 22.1. The largest absolute Gasteiger partial charge is 0.387 e. The standard InChI is InChI=1S/C19H32F2O.C4H10/c1-12-2-4-13(5-3-12)14-6-8-15(9-7-14)16-10-17(20)19(22)18(21)11-16;1-4(2)3/h12-19,22H,2-11H2,1H3;4H,1-3H3. The van der Waals surface area contributed by atoms with Gasteiger partial charge in [-0.1, -0.05) is 40.5 Å². The van der Waals surface area contributed by atoms with Crippen LogP contribution in [0.5, 0.6) is 0 Å². The molecule has 3 rings (SSSR count). The molecule has 0 bridgehead atoms. The third kappa shape index (κ3) is 6.46. The molecule has 0 saturated heterocycles. The lowest BCUT2D eigenvalue weighted by Crippen LogP contribution is -2.42. The third-order valence-electron chi connectivity index (χ3n) is 7.01.